The molecule has 0 saturated carbocycles. The van der Waals surface area contributed by atoms with E-state index in [1.165, 1.54) is 4.90 Å². The molecule has 0 rings (SSSR count). The number of amides is 3. The van der Waals surface area contributed by atoms with Crippen LogP contribution in [0.4, 0.5) is 0 Å². The van der Waals surface area contributed by atoms with E-state index in [1.807, 2.05) is 27.7 Å². The molecular formula is C16H31N3O3. The van der Waals surface area contributed by atoms with Gasteiger partial charge in [0.2, 0.25) is 17.7 Å². The Hall–Kier alpha value is -1.59. The average molecular weight is 313 g/mol. The Morgan fingerprint density at radius 1 is 1.00 bits per heavy atom. The molecule has 6 nitrogen and oxygen atoms in total. The number of hydrogen-bond donors (Lipinski definition) is 2. The quantitative estimate of drug-likeness (QED) is 0.706. The number of nitrogens with one attached hydrogen (secondary N) is 2. The fourth-order valence-corrected chi connectivity index (χ4v) is 2.25. The summed E-state index contributed by atoms with van der Waals surface area (Å²) in [6, 6.07) is -1.17. The normalized spacial score (nSPS) is 13.7. The Morgan fingerprint density at radius 2 is 1.55 bits per heavy atom. The molecule has 0 saturated heterocycles. The number of carbonyl (C=O) groups is 3. The molecule has 3 amide bonds. The molecule has 0 aromatic rings. The van der Waals surface area contributed by atoms with Gasteiger partial charge in [0.05, 0.1) is 0 Å². The van der Waals surface area contributed by atoms with E-state index in [0.717, 1.165) is 0 Å². The molecule has 6 heteroatoms. The molecule has 0 bridgehead atoms. The smallest absolute Gasteiger partial charge is 0.245 e. The second kappa shape index (κ2) is 9.43. The number of likely N-dealkylation sites (N-methyl/N-ethyl adjacent to an activating group) is 2. The van der Waals surface area contributed by atoms with Gasteiger partial charge in [-0.3, -0.25) is 14.4 Å². The van der Waals surface area contributed by atoms with Gasteiger partial charge >= 0.3 is 0 Å². The van der Waals surface area contributed by atoms with Crippen LogP contribution in [0.2, 0.25) is 0 Å². The van der Waals surface area contributed by atoms with Crippen LogP contribution >= 0.6 is 0 Å². The lowest BCUT2D eigenvalue weighted by Gasteiger charge is -2.30. The minimum absolute atomic E-state index is 0.149. The van der Waals surface area contributed by atoms with Gasteiger partial charge in [0.1, 0.15) is 12.1 Å². The first-order chi connectivity index (χ1) is 10.1. The maximum Gasteiger partial charge on any atom is 0.245 e. The number of carbonyl (C=O) groups excluding carboxylic acids is 3. The zero-order chi connectivity index (χ0) is 17.4. The van der Waals surface area contributed by atoms with Crippen LogP contribution < -0.4 is 10.6 Å². The standard InChI is InChI=1S/C16H31N3O3/c1-10(2)8-13(15(21)17-6)19(7)16(22)12(5)18-14(20)9-11(3)4/h10-13H,8-9H2,1-7H3,(H,17,21)(H,18,20)/t12?,13-/m0/s1. The molecule has 0 aromatic carbocycles. The highest BCUT2D eigenvalue weighted by Crippen LogP contribution is 2.12. The highest BCUT2D eigenvalue weighted by atomic mass is 16.2. The number of hydrogen-bond acceptors (Lipinski definition) is 3. The van der Waals surface area contributed by atoms with E-state index in [9.17, 15) is 14.4 Å². The van der Waals surface area contributed by atoms with Crippen molar-refractivity contribution in [3.8, 4) is 0 Å². The molecular weight excluding hydrogens is 282 g/mol. The van der Waals surface area contributed by atoms with E-state index in [2.05, 4.69) is 10.6 Å². The molecule has 2 atom stereocenters. The van der Waals surface area contributed by atoms with Crippen LogP contribution in [0.15, 0.2) is 0 Å². The summed E-state index contributed by atoms with van der Waals surface area (Å²) in [7, 11) is 3.16. The lowest BCUT2D eigenvalue weighted by Crippen LogP contribution is -2.53. The maximum absolute atomic E-state index is 12.4. The van der Waals surface area contributed by atoms with Crippen molar-refractivity contribution in [2.45, 2.75) is 59.5 Å². The molecule has 0 aliphatic carbocycles. The Labute approximate surface area is 134 Å². The Morgan fingerprint density at radius 3 is 1.95 bits per heavy atom. The Balaban J connectivity index is 4.83. The fourth-order valence-electron chi connectivity index (χ4n) is 2.25. The van der Waals surface area contributed by atoms with Crippen molar-refractivity contribution < 1.29 is 14.4 Å². The molecule has 128 valence electrons. The molecule has 0 fully saturated rings. The summed E-state index contributed by atoms with van der Waals surface area (Å²) in [5, 5.41) is 5.29. The van der Waals surface area contributed by atoms with E-state index in [-0.39, 0.29) is 29.6 Å². The van der Waals surface area contributed by atoms with Crippen LogP contribution in [0.3, 0.4) is 0 Å². The van der Waals surface area contributed by atoms with Gasteiger partial charge in [0.15, 0.2) is 0 Å². The third kappa shape index (κ3) is 6.91. The Kier molecular flexibility index (Phi) is 8.75. The van der Waals surface area contributed by atoms with Crippen molar-refractivity contribution in [3.63, 3.8) is 0 Å². The third-order valence-electron chi connectivity index (χ3n) is 3.40. The van der Waals surface area contributed by atoms with Crippen LogP contribution in [0.25, 0.3) is 0 Å². The van der Waals surface area contributed by atoms with E-state index in [0.29, 0.717) is 12.8 Å². The molecule has 0 aliphatic heterocycles. The summed E-state index contributed by atoms with van der Waals surface area (Å²) in [5.74, 6) is -0.0794. The van der Waals surface area contributed by atoms with E-state index in [1.54, 1.807) is 21.0 Å². The highest BCUT2D eigenvalue weighted by Gasteiger charge is 2.30. The number of nitrogens with zero attached hydrogens (tertiary/aromatic N) is 1. The van der Waals surface area contributed by atoms with Gasteiger partial charge in [-0.25, -0.2) is 0 Å². The maximum atomic E-state index is 12.4. The van der Waals surface area contributed by atoms with Crippen molar-refractivity contribution in [1.82, 2.24) is 15.5 Å². The summed E-state index contributed by atoms with van der Waals surface area (Å²) in [6.45, 7) is 9.54. The lowest BCUT2D eigenvalue weighted by molar-refractivity contribution is -0.141. The largest absolute Gasteiger partial charge is 0.357 e. The minimum Gasteiger partial charge on any atom is -0.357 e. The Bertz CT molecular complexity index is 394. The van der Waals surface area contributed by atoms with Crippen LogP contribution in [0.1, 0.15) is 47.5 Å². The van der Waals surface area contributed by atoms with Crippen molar-refractivity contribution in [1.29, 1.82) is 0 Å². The molecule has 22 heavy (non-hydrogen) atoms. The van der Waals surface area contributed by atoms with E-state index >= 15 is 0 Å². The van der Waals surface area contributed by atoms with Crippen molar-refractivity contribution in [2.75, 3.05) is 14.1 Å². The topological polar surface area (TPSA) is 78.5 Å². The molecule has 0 radical (unpaired) electrons. The average Bonchev–Trinajstić information content (AvgIpc) is 2.40. The second-order valence-corrected chi connectivity index (χ2v) is 6.60. The first-order valence-corrected chi connectivity index (χ1v) is 7.87. The van der Waals surface area contributed by atoms with Gasteiger partial charge in [-0.15, -0.1) is 0 Å². The highest BCUT2D eigenvalue weighted by molar-refractivity contribution is 5.91. The zero-order valence-corrected chi connectivity index (χ0v) is 14.9. The summed E-state index contributed by atoms with van der Waals surface area (Å²) in [6.07, 6.45) is 0.959. The zero-order valence-electron chi connectivity index (χ0n) is 14.9. The lowest BCUT2D eigenvalue weighted by atomic mass is 10.0. The van der Waals surface area contributed by atoms with Crippen LogP contribution in [-0.2, 0) is 14.4 Å². The van der Waals surface area contributed by atoms with Crippen LogP contribution in [0, 0.1) is 11.8 Å². The predicted molar refractivity (Wildman–Crippen MR) is 87.1 cm³/mol. The predicted octanol–water partition coefficient (Wildman–Crippen LogP) is 1.16. The van der Waals surface area contributed by atoms with Gasteiger partial charge in [-0.05, 0) is 25.2 Å². The summed E-state index contributed by atoms with van der Waals surface area (Å²) < 4.78 is 0. The third-order valence-corrected chi connectivity index (χ3v) is 3.40. The van der Waals surface area contributed by atoms with Gasteiger partial charge < -0.3 is 15.5 Å². The molecule has 0 aliphatic rings. The van der Waals surface area contributed by atoms with Gasteiger partial charge in [-0.1, -0.05) is 27.7 Å². The molecule has 0 spiro atoms. The van der Waals surface area contributed by atoms with E-state index < -0.39 is 12.1 Å². The van der Waals surface area contributed by atoms with Crippen molar-refractivity contribution >= 4 is 17.7 Å². The summed E-state index contributed by atoms with van der Waals surface area (Å²) >= 11 is 0. The first kappa shape index (κ1) is 20.4. The van der Waals surface area contributed by atoms with Crippen molar-refractivity contribution in [2.24, 2.45) is 11.8 Å². The van der Waals surface area contributed by atoms with Crippen molar-refractivity contribution in [3.05, 3.63) is 0 Å². The summed E-state index contributed by atoms with van der Waals surface area (Å²) in [4.78, 5) is 37.6. The molecule has 0 heterocycles. The molecule has 1 unspecified atom stereocenters. The van der Waals surface area contributed by atoms with Crippen LogP contribution in [-0.4, -0.2) is 48.8 Å². The second-order valence-electron chi connectivity index (χ2n) is 6.60. The first-order valence-electron chi connectivity index (χ1n) is 7.87. The van der Waals surface area contributed by atoms with Gasteiger partial charge in [-0.2, -0.15) is 0 Å². The monoisotopic (exact) mass is 313 g/mol. The van der Waals surface area contributed by atoms with Crippen LogP contribution in [0.5, 0.6) is 0 Å². The van der Waals surface area contributed by atoms with Gasteiger partial charge in [0.25, 0.3) is 0 Å². The summed E-state index contributed by atoms with van der Waals surface area (Å²) in [5.41, 5.74) is 0. The number of rotatable bonds is 8. The minimum atomic E-state index is -0.643. The van der Waals surface area contributed by atoms with Gasteiger partial charge in [0, 0.05) is 20.5 Å². The van der Waals surface area contributed by atoms with E-state index in [4.69, 9.17) is 0 Å². The molecule has 2 N–H and O–H groups in total. The molecule has 0 aromatic heterocycles. The SMILES string of the molecule is CNC(=O)[C@H](CC(C)C)N(C)C(=O)C(C)NC(=O)CC(C)C. The fraction of sp³-hybridized carbons (Fsp3) is 0.812.